The Morgan fingerprint density at radius 2 is 1.69 bits per heavy atom. The van der Waals surface area contributed by atoms with Crippen molar-refractivity contribution in [1.82, 2.24) is 4.90 Å². The minimum atomic E-state index is -0.833. The summed E-state index contributed by atoms with van der Waals surface area (Å²) in [5.74, 6) is -1.59. The number of aliphatic hydroxyl groups is 1. The van der Waals surface area contributed by atoms with Crippen molar-refractivity contribution in [1.29, 1.82) is 0 Å². The van der Waals surface area contributed by atoms with Gasteiger partial charge in [0.05, 0.1) is 31.4 Å². The summed E-state index contributed by atoms with van der Waals surface area (Å²) in [6, 6.07) is 18.5. The fourth-order valence-corrected chi connectivity index (χ4v) is 4.40. The van der Waals surface area contributed by atoms with Gasteiger partial charge in [-0.3, -0.25) is 9.59 Å². The lowest BCUT2D eigenvalue weighted by Crippen LogP contribution is -2.29. The quantitative estimate of drug-likeness (QED) is 0.235. The van der Waals surface area contributed by atoms with E-state index in [1.165, 1.54) is 19.1 Å². The largest absolute Gasteiger partial charge is 0.507 e. The highest BCUT2D eigenvalue weighted by molar-refractivity contribution is 6.46. The van der Waals surface area contributed by atoms with E-state index in [0.29, 0.717) is 28.0 Å². The first kappa shape index (κ1) is 24.7. The standard InChI is InChI=1S/C29H27NO6/c1-17-8-9-18(2)23(14-17)26(31)24-25(21-6-5-7-22(15-21)35-3)30(28(33)27(24)32)16-19-10-12-20(13-11-19)29(34)36-4/h5-15,25,31H,16H2,1-4H3/b26-24+. The van der Waals surface area contributed by atoms with Crippen LogP contribution in [0.1, 0.15) is 44.2 Å². The van der Waals surface area contributed by atoms with Gasteiger partial charge in [0, 0.05) is 12.1 Å². The summed E-state index contributed by atoms with van der Waals surface area (Å²) >= 11 is 0. The Hall–Kier alpha value is -4.39. The smallest absolute Gasteiger partial charge is 0.337 e. The number of aryl methyl sites for hydroxylation is 2. The number of aliphatic hydroxyl groups excluding tert-OH is 1. The van der Waals surface area contributed by atoms with E-state index < -0.39 is 23.7 Å². The van der Waals surface area contributed by atoms with Crippen LogP contribution in [0.5, 0.6) is 5.75 Å². The van der Waals surface area contributed by atoms with Crippen molar-refractivity contribution in [2.45, 2.75) is 26.4 Å². The molecular formula is C29H27NO6. The molecule has 3 aromatic rings. The van der Waals surface area contributed by atoms with Crippen LogP contribution >= 0.6 is 0 Å². The van der Waals surface area contributed by atoms with E-state index in [9.17, 15) is 19.5 Å². The van der Waals surface area contributed by atoms with Crippen molar-refractivity contribution in [2.75, 3.05) is 14.2 Å². The number of carbonyl (C=O) groups excluding carboxylic acids is 3. The lowest BCUT2D eigenvalue weighted by atomic mass is 9.93. The van der Waals surface area contributed by atoms with E-state index in [0.717, 1.165) is 11.1 Å². The zero-order valence-corrected chi connectivity index (χ0v) is 20.6. The molecule has 1 fully saturated rings. The zero-order valence-electron chi connectivity index (χ0n) is 20.6. The average Bonchev–Trinajstić information content (AvgIpc) is 3.14. The molecule has 3 aromatic carbocycles. The van der Waals surface area contributed by atoms with Gasteiger partial charge in [-0.15, -0.1) is 0 Å². The van der Waals surface area contributed by atoms with Crippen LogP contribution in [-0.2, 0) is 20.9 Å². The number of carbonyl (C=O) groups is 3. The predicted molar refractivity (Wildman–Crippen MR) is 135 cm³/mol. The lowest BCUT2D eigenvalue weighted by molar-refractivity contribution is -0.140. The summed E-state index contributed by atoms with van der Waals surface area (Å²) in [5, 5.41) is 11.4. The lowest BCUT2D eigenvalue weighted by Gasteiger charge is -2.26. The van der Waals surface area contributed by atoms with Crippen LogP contribution in [0.25, 0.3) is 5.76 Å². The second-order valence-corrected chi connectivity index (χ2v) is 8.71. The Morgan fingerprint density at radius 1 is 0.972 bits per heavy atom. The zero-order chi connectivity index (χ0) is 26.0. The molecule has 36 heavy (non-hydrogen) atoms. The molecular weight excluding hydrogens is 458 g/mol. The molecule has 0 spiro atoms. The molecule has 0 aliphatic carbocycles. The second kappa shape index (κ2) is 10.1. The van der Waals surface area contributed by atoms with Crippen molar-refractivity contribution in [3.05, 3.63) is 106 Å². The highest BCUT2D eigenvalue weighted by Gasteiger charge is 2.46. The summed E-state index contributed by atoms with van der Waals surface area (Å²) in [5.41, 5.74) is 3.95. The number of methoxy groups -OCH3 is 2. The monoisotopic (exact) mass is 485 g/mol. The Balaban J connectivity index is 1.84. The van der Waals surface area contributed by atoms with Gasteiger partial charge < -0.3 is 19.5 Å². The molecule has 1 heterocycles. The molecule has 0 aromatic heterocycles. The van der Waals surface area contributed by atoms with Crippen LogP contribution < -0.4 is 4.74 Å². The number of benzene rings is 3. The maximum atomic E-state index is 13.3. The molecule has 7 nitrogen and oxygen atoms in total. The van der Waals surface area contributed by atoms with E-state index in [2.05, 4.69) is 0 Å². The van der Waals surface area contributed by atoms with E-state index in [1.807, 2.05) is 26.0 Å². The van der Waals surface area contributed by atoms with Gasteiger partial charge in [0.25, 0.3) is 11.7 Å². The number of amides is 1. The van der Waals surface area contributed by atoms with Crippen molar-refractivity contribution in [3.63, 3.8) is 0 Å². The maximum absolute atomic E-state index is 13.3. The van der Waals surface area contributed by atoms with Crippen molar-refractivity contribution >= 4 is 23.4 Å². The van der Waals surface area contributed by atoms with Gasteiger partial charge in [-0.25, -0.2) is 4.79 Å². The van der Waals surface area contributed by atoms with Crippen LogP contribution in [0.2, 0.25) is 0 Å². The minimum absolute atomic E-state index is 0.0214. The fraction of sp³-hybridized carbons (Fsp3) is 0.207. The van der Waals surface area contributed by atoms with Crippen LogP contribution in [0.4, 0.5) is 0 Å². The summed E-state index contributed by atoms with van der Waals surface area (Å²) in [6.45, 7) is 3.83. The molecule has 1 unspecified atom stereocenters. The Morgan fingerprint density at radius 3 is 2.36 bits per heavy atom. The number of likely N-dealkylation sites (tertiary alicyclic amines) is 1. The molecule has 1 saturated heterocycles. The summed E-state index contributed by atoms with van der Waals surface area (Å²) in [4.78, 5) is 39.8. The predicted octanol–water partition coefficient (Wildman–Crippen LogP) is 4.72. The topological polar surface area (TPSA) is 93.1 Å². The number of esters is 1. The summed E-state index contributed by atoms with van der Waals surface area (Å²) < 4.78 is 10.1. The van der Waals surface area contributed by atoms with Crippen molar-refractivity contribution < 1.29 is 29.0 Å². The number of rotatable bonds is 6. The summed E-state index contributed by atoms with van der Waals surface area (Å²) in [6.07, 6.45) is 0. The number of nitrogens with zero attached hydrogens (tertiary/aromatic N) is 1. The van der Waals surface area contributed by atoms with E-state index >= 15 is 0 Å². The highest BCUT2D eigenvalue weighted by Crippen LogP contribution is 2.41. The van der Waals surface area contributed by atoms with Gasteiger partial charge in [0.15, 0.2) is 0 Å². The highest BCUT2D eigenvalue weighted by atomic mass is 16.5. The van der Waals surface area contributed by atoms with E-state index in [1.54, 1.807) is 54.6 Å². The Kier molecular flexibility index (Phi) is 6.92. The van der Waals surface area contributed by atoms with Gasteiger partial charge in [0.1, 0.15) is 11.5 Å². The number of hydrogen-bond donors (Lipinski definition) is 1. The second-order valence-electron chi connectivity index (χ2n) is 8.71. The third-order valence-electron chi connectivity index (χ3n) is 6.33. The van der Waals surface area contributed by atoms with Crippen LogP contribution in [0.15, 0.2) is 72.3 Å². The molecule has 7 heteroatoms. The third kappa shape index (κ3) is 4.60. The van der Waals surface area contributed by atoms with Gasteiger partial charge in [0.2, 0.25) is 0 Å². The SMILES string of the molecule is COC(=O)c1ccc(CN2C(=O)C(=O)/C(=C(/O)c3cc(C)ccc3C)C2c2cccc(OC)c2)cc1. The van der Waals surface area contributed by atoms with E-state index in [-0.39, 0.29) is 17.9 Å². The summed E-state index contributed by atoms with van der Waals surface area (Å²) in [7, 11) is 2.84. The molecule has 0 bridgehead atoms. The van der Waals surface area contributed by atoms with Gasteiger partial charge >= 0.3 is 5.97 Å². The molecule has 0 radical (unpaired) electrons. The van der Waals surface area contributed by atoms with Gasteiger partial charge in [-0.05, 0) is 60.9 Å². The Bertz CT molecular complexity index is 1370. The maximum Gasteiger partial charge on any atom is 0.337 e. The molecule has 1 amide bonds. The van der Waals surface area contributed by atoms with Crippen molar-refractivity contribution in [3.8, 4) is 5.75 Å². The van der Waals surface area contributed by atoms with Crippen LogP contribution in [0, 0.1) is 13.8 Å². The number of Topliss-reactive ketones (excluding diaryl/α,β-unsaturated/α-hetero) is 1. The molecule has 1 atom stereocenters. The average molecular weight is 486 g/mol. The van der Waals surface area contributed by atoms with Gasteiger partial charge in [-0.1, -0.05) is 42.0 Å². The van der Waals surface area contributed by atoms with Crippen LogP contribution in [0.3, 0.4) is 0 Å². The molecule has 0 saturated carbocycles. The normalized spacial score (nSPS) is 16.8. The number of ether oxygens (including phenoxy) is 2. The third-order valence-corrected chi connectivity index (χ3v) is 6.33. The number of hydrogen-bond acceptors (Lipinski definition) is 6. The minimum Gasteiger partial charge on any atom is -0.507 e. The number of ketones is 1. The Labute approximate surface area is 209 Å². The van der Waals surface area contributed by atoms with Gasteiger partial charge in [-0.2, -0.15) is 0 Å². The first-order valence-electron chi connectivity index (χ1n) is 11.4. The molecule has 4 rings (SSSR count). The van der Waals surface area contributed by atoms with Crippen LogP contribution in [-0.4, -0.2) is 41.9 Å². The van der Waals surface area contributed by atoms with E-state index in [4.69, 9.17) is 9.47 Å². The fourth-order valence-electron chi connectivity index (χ4n) is 4.40. The molecule has 184 valence electrons. The first-order chi connectivity index (χ1) is 17.2. The van der Waals surface area contributed by atoms with Crippen molar-refractivity contribution in [2.24, 2.45) is 0 Å². The molecule has 1 aliphatic rings. The molecule has 1 N–H and O–H groups in total. The first-order valence-corrected chi connectivity index (χ1v) is 11.4. The molecule has 1 aliphatic heterocycles.